The molecule has 3 rings (SSSR count). The smallest absolute Gasteiger partial charge is 0.214 e. The van der Waals surface area contributed by atoms with Gasteiger partial charge >= 0.3 is 0 Å². The van der Waals surface area contributed by atoms with E-state index in [1.807, 2.05) is 4.90 Å². The van der Waals surface area contributed by atoms with Crippen molar-refractivity contribution in [1.29, 1.82) is 5.26 Å². The fraction of sp³-hybridized carbons (Fsp3) is 0.267. The standard InChI is InChI=1S/C15H14FN5/c16-13-4-1-5-14(19-13)20-7-9-21(10-8-20)15-12(11-17)3-2-6-18-15/h1-6H,7-10H2. The summed E-state index contributed by atoms with van der Waals surface area (Å²) in [5, 5.41) is 9.13. The molecular weight excluding hydrogens is 269 g/mol. The third-order valence-electron chi connectivity index (χ3n) is 3.51. The number of anilines is 2. The highest BCUT2D eigenvalue weighted by Gasteiger charge is 2.21. The Kier molecular flexibility index (Phi) is 3.65. The molecule has 0 aromatic carbocycles. The third kappa shape index (κ3) is 2.77. The van der Waals surface area contributed by atoms with Crippen LogP contribution in [0.2, 0.25) is 0 Å². The van der Waals surface area contributed by atoms with E-state index in [9.17, 15) is 4.39 Å². The van der Waals surface area contributed by atoms with Gasteiger partial charge in [0, 0.05) is 32.4 Å². The maximum absolute atomic E-state index is 13.2. The van der Waals surface area contributed by atoms with Gasteiger partial charge in [0.1, 0.15) is 17.7 Å². The van der Waals surface area contributed by atoms with Gasteiger partial charge < -0.3 is 9.80 Å². The number of rotatable bonds is 2. The number of hydrogen-bond acceptors (Lipinski definition) is 5. The number of nitrogens with zero attached hydrogens (tertiary/aromatic N) is 5. The number of hydrogen-bond donors (Lipinski definition) is 0. The van der Waals surface area contributed by atoms with Crippen molar-refractivity contribution in [1.82, 2.24) is 9.97 Å². The Bertz CT molecular complexity index is 674. The van der Waals surface area contributed by atoms with Gasteiger partial charge in [-0.05, 0) is 24.3 Å². The van der Waals surface area contributed by atoms with E-state index in [4.69, 9.17) is 5.26 Å². The Labute approximate surface area is 122 Å². The van der Waals surface area contributed by atoms with E-state index in [1.54, 1.807) is 30.5 Å². The lowest BCUT2D eigenvalue weighted by Crippen LogP contribution is -2.47. The molecule has 0 radical (unpaired) electrons. The van der Waals surface area contributed by atoms with Crippen LogP contribution in [0.15, 0.2) is 36.5 Å². The minimum Gasteiger partial charge on any atom is -0.353 e. The summed E-state index contributed by atoms with van der Waals surface area (Å²) in [7, 11) is 0. The van der Waals surface area contributed by atoms with Crippen molar-refractivity contribution in [3.63, 3.8) is 0 Å². The van der Waals surface area contributed by atoms with E-state index in [-0.39, 0.29) is 0 Å². The molecule has 106 valence electrons. The van der Waals surface area contributed by atoms with Crippen molar-refractivity contribution in [3.8, 4) is 6.07 Å². The van der Waals surface area contributed by atoms with Gasteiger partial charge in [-0.15, -0.1) is 0 Å². The van der Waals surface area contributed by atoms with E-state index in [2.05, 4.69) is 20.9 Å². The molecule has 1 aliphatic heterocycles. The number of halogens is 1. The van der Waals surface area contributed by atoms with Gasteiger partial charge in [0.05, 0.1) is 5.56 Å². The average molecular weight is 283 g/mol. The van der Waals surface area contributed by atoms with Crippen LogP contribution in [-0.4, -0.2) is 36.1 Å². The van der Waals surface area contributed by atoms with Gasteiger partial charge in [0.25, 0.3) is 0 Å². The SMILES string of the molecule is N#Cc1cccnc1N1CCN(c2cccc(F)n2)CC1. The van der Waals surface area contributed by atoms with Crippen LogP contribution < -0.4 is 9.80 Å². The van der Waals surface area contributed by atoms with Crippen molar-refractivity contribution in [3.05, 3.63) is 48.0 Å². The summed E-state index contributed by atoms with van der Waals surface area (Å²) >= 11 is 0. The molecule has 1 saturated heterocycles. The normalized spacial score (nSPS) is 14.9. The van der Waals surface area contributed by atoms with E-state index in [0.717, 1.165) is 26.2 Å². The molecule has 0 saturated carbocycles. The zero-order valence-electron chi connectivity index (χ0n) is 11.4. The van der Waals surface area contributed by atoms with Gasteiger partial charge in [-0.2, -0.15) is 9.65 Å². The molecule has 0 amide bonds. The lowest BCUT2D eigenvalue weighted by Gasteiger charge is -2.36. The lowest BCUT2D eigenvalue weighted by atomic mass is 10.2. The average Bonchev–Trinajstić information content (AvgIpc) is 2.55. The predicted octanol–water partition coefficient (Wildman–Crippen LogP) is 1.81. The van der Waals surface area contributed by atoms with Crippen LogP contribution in [0.3, 0.4) is 0 Å². The molecule has 6 heteroatoms. The maximum atomic E-state index is 13.2. The first kappa shape index (κ1) is 13.3. The van der Waals surface area contributed by atoms with E-state index < -0.39 is 5.95 Å². The second kappa shape index (κ2) is 5.75. The summed E-state index contributed by atoms with van der Waals surface area (Å²) in [6.07, 6.45) is 1.69. The highest BCUT2D eigenvalue weighted by atomic mass is 19.1. The Morgan fingerprint density at radius 1 is 1.05 bits per heavy atom. The predicted molar refractivity (Wildman–Crippen MR) is 77.6 cm³/mol. The molecule has 0 unspecified atom stereocenters. The molecule has 0 spiro atoms. The topological polar surface area (TPSA) is 56.1 Å². The quantitative estimate of drug-likeness (QED) is 0.787. The van der Waals surface area contributed by atoms with Crippen LogP contribution in [-0.2, 0) is 0 Å². The minimum absolute atomic E-state index is 0.466. The molecule has 5 nitrogen and oxygen atoms in total. The number of piperazine rings is 1. The van der Waals surface area contributed by atoms with Gasteiger partial charge in [-0.1, -0.05) is 6.07 Å². The van der Waals surface area contributed by atoms with Crippen LogP contribution in [0, 0.1) is 17.3 Å². The molecule has 0 aliphatic carbocycles. The van der Waals surface area contributed by atoms with Crippen molar-refractivity contribution < 1.29 is 4.39 Å². The summed E-state index contributed by atoms with van der Waals surface area (Å²) in [5.74, 6) is 0.898. The molecule has 1 fully saturated rings. The zero-order valence-corrected chi connectivity index (χ0v) is 11.4. The Hall–Kier alpha value is -2.68. The monoisotopic (exact) mass is 283 g/mol. The molecule has 0 bridgehead atoms. The van der Waals surface area contributed by atoms with Crippen molar-refractivity contribution >= 4 is 11.6 Å². The molecule has 1 aliphatic rings. The molecule has 3 heterocycles. The van der Waals surface area contributed by atoms with Crippen LogP contribution >= 0.6 is 0 Å². The van der Waals surface area contributed by atoms with Crippen LogP contribution in [0.5, 0.6) is 0 Å². The zero-order chi connectivity index (χ0) is 14.7. The van der Waals surface area contributed by atoms with Crippen LogP contribution in [0.25, 0.3) is 0 Å². The van der Waals surface area contributed by atoms with E-state index in [0.29, 0.717) is 17.2 Å². The first-order chi connectivity index (χ1) is 10.3. The van der Waals surface area contributed by atoms with Crippen molar-refractivity contribution in [2.45, 2.75) is 0 Å². The fourth-order valence-corrected chi connectivity index (χ4v) is 2.46. The largest absolute Gasteiger partial charge is 0.353 e. The van der Waals surface area contributed by atoms with Gasteiger partial charge in [0.2, 0.25) is 5.95 Å². The lowest BCUT2D eigenvalue weighted by molar-refractivity contribution is 0.574. The van der Waals surface area contributed by atoms with Crippen molar-refractivity contribution in [2.75, 3.05) is 36.0 Å². The second-order valence-corrected chi connectivity index (χ2v) is 4.78. The summed E-state index contributed by atoms with van der Waals surface area (Å²) in [4.78, 5) is 12.3. The maximum Gasteiger partial charge on any atom is 0.214 e. The highest BCUT2D eigenvalue weighted by Crippen LogP contribution is 2.20. The Morgan fingerprint density at radius 2 is 1.81 bits per heavy atom. The van der Waals surface area contributed by atoms with Gasteiger partial charge in [-0.25, -0.2) is 9.97 Å². The molecule has 21 heavy (non-hydrogen) atoms. The molecule has 2 aromatic heterocycles. The number of nitriles is 1. The third-order valence-corrected chi connectivity index (χ3v) is 3.51. The Balaban J connectivity index is 1.72. The number of pyridine rings is 2. The molecule has 0 atom stereocenters. The van der Waals surface area contributed by atoms with Gasteiger partial charge in [-0.3, -0.25) is 0 Å². The summed E-state index contributed by atoms with van der Waals surface area (Å²) < 4.78 is 13.2. The summed E-state index contributed by atoms with van der Waals surface area (Å²) in [5.41, 5.74) is 0.579. The molecular formula is C15H14FN5. The minimum atomic E-state index is -0.466. The Morgan fingerprint density at radius 3 is 2.52 bits per heavy atom. The first-order valence-corrected chi connectivity index (χ1v) is 6.75. The van der Waals surface area contributed by atoms with Gasteiger partial charge in [0.15, 0.2) is 0 Å². The van der Waals surface area contributed by atoms with Crippen LogP contribution in [0.1, 0.15) is 5.56 Å². The highest BCUT2D eigenvalue weighted by molar-refractivity contribution is 5.54. The van der Waals surface area contributed by atoms with E-state index in [1.165, 1.54) is 6.07 Å². The fourth-order valence-electron chi connectivity index (χ4n) is 2.46. The molecule has 0 N–H and O–H groups in total. The van der Waals surface area contributed by atoms with Crippen LogP contribution in [0.4, 0.5) is 16.0 Å². The van der Waals surface area contributed by atoms with E-state index >= 15 is 0 Å². The number of aromatic nitrogens is 2. The van der Waals surface area contributed by atoms with Crippen molar-refractivity contribution in [2.24, 2.45) is 0 Å². The molecule has 2 aromatic rings. The summed E-state index contributed by atoms with van der Waals surface area (Å²) in [6, 6.07) is 10.5. The second-order valence-electron chi connectivity index (χ2n) is 4.78. The summed E-state index contributed by atoms with van der Waals surface area (Å²) in [6.45, 7) is 2.89. The first-order valence-electron chi connectivity index (χ1n) is 6.75.